The third kappa shape index (κ3) is 5.20. The monoisotopic (exact) mass is 353 g/mol. The van der Waals surface area contributed by atoms with Crippen molar-refractivity contribution in [1.82, 2.24) is 15.2 Å². The molecule has 0 saturated carbocycles. The van der Waals surface area contributed by atoms with Gasteiger partial charge in [-0.2, -0.15) is 0 Å². The first-order valence-electron chi connectivity index (χ1n) is 8.99. The number of aromatic nitrogens is 1. The number of morpholine rings is 1. The van der Waals surface area contributed by atoms with Crippen molar-refractivity contribution in [2.45, 2.75) is 13.1 Å². The van der Waals surface area contributed by atoms with Gasteiger partial charge in [-0.3, -0.25) is 0 Å². The van der Waals surface area contributed by atoms with E-state index in [0.29, 0.717) is 6.54 Å². The Hall–Kier alpha value is -2.60. The van der Waals surface area contributed by atoms with Crippen molar-refractivity contribution in [2.75, 3.05) is 45.3 Å². The Morgan fingerprint density at radius 2 is 1.92 bits per heavy atom. The highest BCUT2D eigenvalue weighted by Crippen LogP contribution is 2.15. The predicted octanol–water partition coefficient (Wildman–Crippen LogP) is 2.13. The normalized spacial score (nSPS) is 15.0. The van der Waals surface area contributed by atoms with Crippen LogP contribution in [0.3, 0.4) is 0 Å². The number of hydrogen-bond donors (Lipinski definition) is 1. The molecule has 3 rings (SSSR count). The highest BCUT2D eigenvalue weighted by Gasteiger charge is 2.12. The standard InChI is InChI=1S/C20H27N5O/c1-24(2)20(22-15-17-6-4-3-5-7-17)23-16-18-8-9-21-19(14-18)25-10-12-26-13-11-25/h3-9,14H,10-13,15-16H2,1-2H3,(H,22,23). The molecule has 0 amide bonds. The average Bonchev–Trinajstić information content (AvgIpc) is 2.69. The third-order valence-corrected chi connectivity index (χ3v) is 4.27. The number of nitrogens with one attached hydrogen (secondary N) is 1. The number of aliphatic imine (C=N–C) groups is 1. The summed E-state index contributed by atoms with van der Waals surface area (Å²) in [5, 5.41) is 3.42. The van der Waals surface area contributed by atoms with E-state index in [9.17, 15) is 0 Å². The molecule has 0 unspecified atom stereocenters. The molecular formula is C20H27N5O. The summed E-state index contributed by atoms with van der Waals surface area (Å²) in [7, 11) is 4.01. The molecule has 0 radical (unpaired) electrons. The second kappa shape index (κ2) is 9.20. The predicted molar refractivity (Wildman–Crippen MR) is 105 cm³/mol. The molecule has 1 aliphatic rings. The van der Waals surface area contributed by atoms with E-state index in [2.05, 4.69) is 33.4 Å². The third-order valence-electron chi connectivity index (χ3n) is 4.27. The van der Waals surface area contributed by atoms with Gasteiger partial charge in [-0.15, -0.1) is 0 Å². The minimum atomic E-state index is 0.620. The lowest BCUT2D eigenvalue weighted by Gasteiger charge is -2.28. The minimum absolute atomic E-state index is 0.620. The molecule has 1 aliphatic heterocycles. The fourth-order valence-corrected chi connectivity index (χ4v) is 2.82. The van der Waals surface area contributed by atoms with Gasteiger partial charge in [0.25, 0.3) is 0 Å². The Balaban J connectivity index is 1.63. The van der Waals surface area contributed by atoms with Gasteiger partial charge < -0.3 is 19.9 Å². The zero-order valence-corrected chi connectivity index (χ0v) is 15.6. The number of guanidine groups is 1. The summed E-state index contributed by atoms with van der Waals surface area (Å²) >= 11 is 0. The quantitative estimate of drug-likeness (QED) is 0.659. The van der Waals surface area contributed by atoms with E-state index >= 15 is 0 Å². The van der Waals surface area contributed by atoms with Gasteiger partial charge in [0.2, 0.25) is 0 Å². The Labute approximate surface area is 155 Å². The van der Waals surface area contributed by atoms with Crippen molar-refractivity contribution in [3.05, 3.63) is 59.8 Å². The maximum absolute atomic E-state index is 5.42. The fraction of sp³-hybridized carbons (Fsp3) is 0.400. The van der Waals surface area contributed by atoms with Gasteiger partial charge >= 0.3 is 0 Å². The molecule has 1 aromatic carbocycles. The lowest BCUT2D eigenvalue weighted by Crippen LogP contribution is -2.36. The smallest absolute Gasteiger partial charge is 0.194 e. The van der Waals surface area contributed by atoms with E-state index in [4.69, 9.17) is 9.73 Å². The molecule has 138 valence electrons. The van der Waals surface area contributed by atoms with Crippen LogP contribution in [-0.2, 0) is 17.8 Å². The Kier molecular flexibility index (Phi) is 6.44. The molecule has 1 fully saturated rings. The van der Waals surface area contributed by atoms with Crippen LogP contribution in [0.1, 0.15) is 11.1 Å². The van der Waals surface area contributed by atoms with Crippen LogP contribution < -0.4 is 10.2 Å². The highest BCUT2D eigenvalue weighted by atomic mass is 16.5. The first-order valence-corrected chi connectivity index (χ1v) is 8.99. The number of nitrogens with zero attached hydrogens (tertiary/aromatic N) is 4. The minimum Gasteiger partial charge on any atom is -0.378 e. The van der Waals surface area contributed by atoms with Crippen molar-refractivity contribution in [2.24, 2.45) is 4.99 Å². The van der Waals surface area contributed by atoms with Crippen molar-refractivity contribution in [3.63, 3.8) is 0 Å². The second-order valence-electron chi connectivity index (χ2n) is 6.50. The maximum Gasteiger partial charge on any atom is 0.194 e. The van der Waals surface area contributed by atoms with E-state index in [1.54, 1.807) is 0 Å². The molecule has 6 heteroatoms. The van der Waals surface area contributed by atoms with Gasteiger partial charge in [0, 0.05) is 39.9 Å². The molecule has 1 saturated heterocycles. The van der Waals surface area contributed by atoms with E-state index in [-0.39, 0.29) is 0 Å². The molecule has 0 aliphatic carbocycles. The molecule has 1 aromatic heterocycles. The SMILES string of the molecule is CN(C)C(=NCc1ccnc(N2CCOCC2)c1)NCc1ccccc1. The topological polar surface area (TPSA) is 53.0 Å². The lowest BCUT2D eigenvalue weighted by molar-refractivity contribution is 0.122. The van der Waals surface area contributed by atoms with Gasteiger partial charge in [-0.25, -0.2) is 9.98 Å². The van der Waals surface area contributed by atoms with Crippen molar-refractivity contribution in [1.29, 1.82) is 0 Å². The van der Waals surface area contributed by atoms with Gasteiger partial charge in [0.05, 0.1) is 19.8 Å². The van der Waals surface area contributed by atoms with Crippen LogP contribution >= 0.6 is 0 Å². The lowest BCUT2D eigenvalue weighted by atomic mass is 10.2. The molecule has 0 atom stereocenters. The number of anilines is 1. The molecule has 26 heavy (non-hydrogen) atoms. The van der Waals surface area contributed by atoms with E-state index in [1.807, 2.05) is 49.5 Å². The Morgan fingerprint density at radius 3 is 2.65 bits per heavy atom. The highest BCUT2D eigenvalue weighted by molar-refractivity contribution is 5.79. The molecule has 2 heterocycles. The molecule has 0 bridgehead atoms. The van der Waals surface area contributed by atoms with Crippen LogP contribution in [0.4, 0.5) is 5.82 Å². The summed E-state index contributed by atoms with van der Waals surface area (Å²) in [6.07, 6.45) is 1.86. The Bertz CT molecular complexity index is 711. The molecule has 1 N–H and O–H groups in total. The van der Waals surface area contributed by atoms with Crippen LogP contribution in [0.2, 0.25) is 0 Å². The number of hydrogen-bond acceptors (Lipinski definition) is 4. The molecule has 6 nitrogen and oxygen atoms in total. The number of pyridine rings is 1. The van der Waals surface area contributed by atoms with Gasteiger partial charge in [0.1, 0.15) is 5.82 Å². The van der Waals surface area contributed by atoms with Gasteiger partial charge in [0.15, 0.2) is 5.96 Å². The zero-order valence-electron chi connectivity index (χ0n) is 15.6. The summed E-state index contributed by atoms with van der Waals surface area (Å²) in [6.45, 7) is 4.68. The average molecular weight is 353 g/mol. The summed E-state index contributed by atoms with van der Waals surface area (Å²) in [5.41, 5.74) is 2.39. The number of ether oxygens (including phenoxy) is 1. The van der Waals surface area contributed by atoms with E-state index in [0.717, 1.165) is 50.2 Å². The van der Waals surface area contributed by atoms with Crippen molar-refractivity contribution < 1.29 is 4.74 Å². The fourth-order valence-electron chi connectivity index (χ4n) is 2.82. The summed E-state index contributed by atoms with van der Waals surface area (Å²) in [5.74, 6) is 1.88. The zero-order chi connectivity index (χ0) is 18.2. The second-order valence-corrected chi connectivity index (χ2v) is 6.50. The van der Waals surface area contributed by atoms with Gasteiger partial charge in [-0.05, 0) is 23.3 Å². The van der Waals surface area contributed by atoms with Crippen LogP contribution in [-0.4, -0.2) is 56.2 Å². The molecule has 2 aromatic rings. The summed E-state index contributed by atoms with van der Waals surface area (Å²) in [6, 6.07) is 14.5. The van der Waals surface area contributed by atoms with Crippen molar-refractivity contribution >= 4 is 11.8 Å². The number of rotatable bonds is 5. The molecule has 0 spiro atoms. The largest absolute Gasteiger partial charge is 0.378 e. The summed E-state index contributed by atoms with van der Waals surface area (Å²) in [4.78, 5) is 13.5. The van der Waals surface area contributed by atoms with Crippen LogP contribution in [0.5, 0.6) is 0 Å². The van der Waals surface area contributed by atoms with Crippen LogP contribution in [0.25, 0.3) is 0 Å². The Morgan fingerprint density at radius 1 is 1.15 bits per heavy atom. The van der Waals surface area contributed by atoms with Crippen LogP contribution in [0.15, 0.2) is 53.7 Å². The van der Waals surface area contributed by atoms with Crippen LogP contribution in [0, 0.1) is 0 Å². The van der Waals surface area contributed by atoms with Crippen molar-refractivity contribution in [3.8, 4) is 0 Å². The van der Waals surface area contributed by atoms with Gasteiger partial charge in [-0.1, -0.05) is 30.3 Å². The number of benzene rings is 1. The first kappa shape index (κ1) is 18.2. The summed E-state index contributed by atoms with van der Waals surface area (Å²) < 4.78 is 5.42. The maximum atomic E-state index is 5.42. The first-order chi connectivity index (χ1) is 12.7. The van der Waals surface area contributed by atoms with E-state index in [1.165, 1.54) is 5.56 Å². The molecular weight excluding hydrogens is 326 g/mol. The van der Waals surface area contributed by atoms with E-state index < -0.39 is 0 Å².